The van der Waals surface area contributed by atoms with Crippen molar-refractivity contribution in [2.45, 2.75) is 6.61 Å². The number of hydrogen-bond donors (Lipinski definition) is 1. The van der Waals surface area contributed by atoms with E-state index in [2.05, 4.69) is 9.97 Å². The third-order valence-corrected chi connectivity index (χ3v) is 4.42. The number of aromatic nitrogens is 2. The molecule has 0 saturated carbocycles. The van der Waals surface area contributed by atoms with Crippen LogP contribution in [-0.2, 0) is 11.3 Å². The van der Waals surface area contributed by atoms with E-state index in [1.165, 1.54) is 7.11 Å². The first-order valence-corrected chi connectivity index (χ1v) is 8.39. The zero-order chi connectivity index (χ0) is 18.1. The largest absolute Gasteiger partial charge is 0.489 e. The first kappa shape index (κ1) is 16.4. The maximum Gasteiger partial charge on any atom is 0.356 e. The lowest BCUT2D eigenvalue weighted by Gasteiger charge is -2.06. The molecular weight excluding hydrogens is 352 g/mol. The van der Waals surface area contributed by atoms with Gasteiger partial charge in [0, 0.05) is 21.3 Å². The van der Waals surface area contributed by atoms with Gasteiger partial charge in [0.25, 0.3) is 0 Å². The molecule has 130 valence electrons. The van der Waals surface area contributed by atoms with Gasteiger partial charge in [0.1, 0.15) is 18.1 Å². The number of H-pyrrole nitrogens is 1. The minimum Gasteiger partial charge on any atom is -0.489 e. The molecule has 0 fully saturated rings. The molecule has 0 aliphatic rings. The topological polar surface area (TPSA) is 64.2 Å². The van der Waals surface area contributed by atoms with Gasteiger partial charge in [-0.1, -0.05) is 23.7 Å². The second kappa shape index (κ2) is 6.69. The van der Waals surface area contributed by atoms with Gasteiger partial charge in [-0.05, 0) is 42.0 Å². The van der Waals surface area contributed by atoms with E-state index in [-0.39, 0.29) is 5.69 Å². The van der Waals surface area contributed by atoms with Crippen molar-refractivity contribution >= 4 is 39.4 Å². The van der Waals surface area contributed by atoms with Crippen LogP contribution in [0.15, 0.2) is 54.7 Å². The van der Waals surface area contributed by atoms with E-state index in [4.69, 9.17) is 21.1 Å². The fourth-order valence-corrected chi connectivity index (χ4v) is 2.96. The monoisotopic (exact) mass is 366 g/mol. The van der Waals surface area contributed by atoms with Gasteiger partial charge in [-0.3, -0.25) is 0 Å². The van der Waals surface area contributed by atoms with Crippen LogP contribution in [-0.4, -0.2) is 23.0 Å². The molecule has 6 heteroatoms. The van der Waals surface area contributed by atoms with Crippen molar-refractivity contribution in [3.8, 4) is 5.75 Å². The number of methoxy groups -OCH3 is 1. The molecule has 0 bridgehead atoms. The van der Waals surface area contributed by atoms with Crippen molar-refractivity contribution in [3.63, 3.8) is 0 Å². The summed E-state index contributed by atoms with van der Waals surface area (Å²) < 4.78 is 10.6. The van der Waals surface area contributed by atoms with Crippen molar-refractivity contribution < 1.29 is 14.3 Å². The minimum absolute atomic E-state index is 0.272. The molecule has 2 aromatic carbocycles. The lowest BCUT2D eigenvalue weighted by Crippen LogP contribution is -2.03. The van der Waals surface area contributed by atoms with E-state index in [1.54, 1.807) is 12.3 Å². The van der Waals surface area contributed by atoms with Crippen molar-refractivity contribution in [1.29, 1.82) is 0 Å². The number of nitrogens with one attached hydrogen (secondary N) is 1. The molecule has 5 nitrogen and oxygen atoms in total. The highest BCUT2D eigenvalue weighted by Crippen LogP contribution is 2.29. The maximum absolute atomic E-state index is 11.7. The predicted octanol–water partition coefficient (Wildman–Crippen LogP) is 4.74. The molecule has 2 heterocycles. The average molecular weight is 367 g/mol. The standard InChI is InChI=1S/C20H15ClN2O3/c1-25-20(24)18-9-16-15-8-14(6-7-17(15)23-19(16)10-22-18)26-11-12-2-4-13(21)5-3-12/h2-10,23H,11H2,1H3. The summed E-state index contributed by atoms with van der Waals surface area (Å²) in [5.41, 5.74) is 3.10. The molecule has 4 aromatic rings. The van der Waals surface area contributed by atoms with E-state index < -0.39 is 5.97 Å². The van der Waals surface area contributed by atoms with E-state index in [0.717, 1.165) is 33.1 Å². The Kier molecular flexibility index (Phi) is 4.22. The van der Waals surface area contributed by atoms with Crippen LogP contribution in [0.4, 0.5) is 0 Å². The van der Waals surface area contributed by atoms with Crippen LogP contribution in [0.3, 0.4) is 0 Å². The summed E-state index contributed by atoms with van der Waals surface area (Å²) in [6, 6.07) is 15.1. The van der Waals surface area contributed by atoms with Crippen molar-refractivity contribution in [1.82, 2.24) is 9.97 Å². The first-order chi connectivity index (χ1) is 12.6. The summed E-state index contributed by atoms with van der Waals surface area (Å²) in [6.07, 6.45) is 1.63. The van der Waals surface area contributed by atoms with Crippen LogP contribution in [0.5, 0.6) is 5.75 Å². The molecule has 0 atom stereocenters. The van der Waals surface area contributed by atoms with Gasteiger partial charge < -0.3 is 14.5 Å². The van der Waals surface area contributed by atoms with Gasteiger partial charge >= 0.3 is 5.97 Å². The lowest BCUT2D eigenvalue weighted by molar-refractivity contribution is 0.0594. The smallest absolute Gasteiger partial charge is 0.356 e. The molecule has 0 unspecified atom stereocenters. The number of hydrogen-bond acceptors (Lipinski definition) is 4. The van der Waals surface area contributed by atoms with E-state index in [1.807, 2.05) is 42.5 Å². The van der Waals surface area contributed by atoms with E-state index >= 15 is 0 Å². The van der Waals surface area contributed by atoms with Crippen LogP contribution in [0, 0.1) is 0 Å². The van der Waals surface area contributed by atoms with Crippen molar-refractivity contribution in [3.05, 3.63) is 71.0 Å². The fraction of sp³-hybridized carbons (Fsp3) is 0.100. The quantitative estimate of drug-likeness (QED) is 0.530. The Hall–Kier alpha value is -3.05. The molecule has 0 amide bonds. The lowest BCUT2D eigenvalue weighted by atomic mass is 10.1. The molecular formula is C20H15ClN2O3. The van der Waals surface area contributed by atoms with Gasteiger partial charge in [-0.25, -0.2) is 9.78 Å². The van der Waals surface area contributed by atoms with Crippen molar-refractivity contribution in [2.24, 2.45) is 0 Å². The summed E-state index contributed by atoms with van der Waals surface area (Å²) in [7, 11) is 1.34. The highest BCUT2D eigenvalue weighted by atomic mass is 35.5. The molecule has 2 aromatic heterocycles. The zero-order valence-electron chi connectivity index (χ0n) is 14.0. The van der Waals surface area contributed by atoms with Gasteiger partial charge in [0.05, 0.1) is 18.8 Å². The molecule has 0 aliphatic heterocycles. The van der Waals surface area contributed by atoms with E-state index in [0.29, 0.717) is 11.6 Å². The number of rotatable bonds is 4. The number of pyridine rings is 1. The normalized spacial score (nSPS) is 11.0. The Labute approximate surface area is 154 Å². The average Bonchev–Trinajstić information content (AvgIpc) is 3.04. The van der Waals surface area contributed by atoms with Crippen LogP contribution >= 0.6 is 11.6 Å². The maximum atomic E-state index is 11.7. The molecule has 4 rings (SSSR count). The van der Waals surface area contributed by atoms with E-state index in [9.17, 15) is 4.79 Å². The molecule has 0 aliphatic carbocycles. The molecule has 1 N–H and O–H groups in total. The van der Waals surface area contributed by atoms with Gasteiger partial charge in [0.15, 0.2) is 0 Å². The zero-order valence-corrected chi connectivity index (χ0v) is 14.7. The second-order valence-electron chi connectivity index (χ2n) is 5.85. The van der Waals surface area contributed by atoms with Crippen molar-refractivity contribution in [2.75, 3.05) is 7.11 Å². The number of nitrogens with zero attached hydrogens (tertiary/aromatic N) is 1. The number of aromatic amines is 1. The number of carbonyl (C=O) groups is 1. The summed E-state index contributed by atoms with van der Waals surface area (Å²) in [5, 5.41) is 2.55. The summed E-state index contributed by atoms with van der Waals surface area (Å²) in [4.78, 5) is 19.2. The fourth-order valence-electron chi connectivity index (χ4n) is 2.83. The third kappa shape index (κ3) is 3.09. The van der Waals surface area contributed by atoms with Crippen LogP contribution in [0.2, 0.25) is 5.02 Å². The highest BCUT2D eigenvalue weighted by molar-refractivity contribution is 6.30. The Morgan fingerprint density at radius 1 is 1.08 bits per heavy atom. The number of carbonyl (C=O) groups excluding carboxylic acids is 1. The third-order valence-electron chi connectivity index (χ3n) is 4.17. The Balaban J connectivity index is 1.67. The Morgan fingerprint density at radius 3 is 2.62 bits per heavy atom. The Morgan fingerprint density at radius 2 is 1.85 bits per heavy atom. The molecule has 0 radical (unpaired) electrons. The number of esters is 1. The predicted molar refractivity (Wildman–Crippen MR) is 101 cm³/mol. The highest BCUT2D eigenvalue weighted by Gasteiger charge is 2.12. The van der Waals surface area contributed by atoms with Gasteiger partial charge in [0.2, 0.25) is 0 Å². The summed E-state index contributed by atoms with van der Waals surface area (Å²) in [5.74, 6) is 0.279. The SMILES string of the molecule is COC(=O)c1cc2c(cn1)[nH]c1ccc(OCc3ccc(Cl)cc3)cc12. The van der Waals surface area contributed by atoms with Crippen LogP contribution < -0.4 is 4.74 Å². The molecule has 0 saturated heterocycles. The summed E-state index contributed by atoms with van der Waals surface area (Å²) >= 11 is 5.90. The molecule has 26 heavy (non-hydrogen) atoms. The van der Waals surface area contributed by atoms with Gasteiger partial charge in [-0.2, -0.15) is 0 Å². The number of benzene rings is 2. The molecule has 0 spiro atoms. The number of ether oxygens (including phenoxy) is 2. The number of fused-ring (bicyclic) bond motifs is 3. The van der Waals surface area contributed by atoms with Gasteiger partial charge in [-0.15, -0.1) is 0 Å². The van der Waals surface area contributed by atoms with Crippen LogP contribution in [0.1, 0.15) is 16.1 Å². The number of halogens is 1. The summed E-state index contributed by atoms with van der Waals surface area (Å²) in [6.45, 7) is 0.444. The Bertz CT molecular complexity index is 1100. The van der Waals surface area contributed by atoms with Crippen LogP contribution in [0.25, 0.3) is 21.8 Å². The minimum atomic E-state index is -0.462. The first-order valence-electron chi connectivity index (χ1n) is 8.01. The second-order valence-corrected chi connectivity index (χ2v) is 6.29.